The first-order chi connectivity index (χ1) is 6.25. The average Bonchev–Trinajstić information content (AvgIpc) is 2.18. The maximum absolute atomic E-state index is 11.3. The second-order valence-corrected chi connectivity index (χ2v) is 3.31. The van der Waals surface area contributed by atoms with Crippen molar-refractivity contribution in [1.82, 2.24) is 10.2 Å². The molecule has 0 aromatic heterocycles. The number of hydrogen-bond acceptors (Lipinski definition) is 3. The van der Waals surface area contributed by atoms with Gasteiger partial charge in [0.2, 0.25) is 0 Å². The first-order valence-electron chi connectivity index (χ1n) is 4.86. The molecular formula is C9H18N2O2. The van der Waals surface area contributed by atoms with Crippen molar-refractivity contribution in [3.63, 3.8) is 0 Å². The number of carbonyl (C=O) groups is 1. The zero-order valence-electron chi connectivity index (χ0n) is 8.38. The number of likely N-dealkylation sites (N-methyl/N-ethyl adjacent to an activating group) is 1. The van der Waals surface area contributed by atoms with Crippen molar-refractivity contribution in [1.29, 1.82) is 0 Å². The minimum absolute atomic E-state index is 0.212. The standard InChI is InChI=1S/C9H18N2O2/c1-3-13-9(12)11(2)8-5-4-6-10-7-8/h8,10H,3-7H2,1-2H3. The number of piperidine rings is 1. The lowest BCUT2D eigenvalue weighted by Crippen LogP contribution is -2.46. The molecule has 1 N–H and O–H groups in total. The van der Waals surface area contributed by atoms with Gasteiger partial charge in [0, 0.05) is 19.6 Å². The minimum Gasteiger partial charge on any atom is -0.450 e. The molecule has 1 aliphatic rings. The van der Waals surface area contributed by atoms with Gasteiger partial charge in [0.25, 0.3) is 0 Å². The fourth-order valence-corrected chi connectivity index (χ4v) is 1.54. The molecule has 13 heavy (non-hydrogen) atoms. The van der Waals surface area contributed by atoms with E-state index in [1.54, 1.807) is 11.9 Å². The van der Waals surface area contributed by atoms with Crippen molar-refractivity contribution in [2.45, 2.75) is 25.8 Å². The van der Waals surface area contributed by atoms with Gasteiger partial charge >= 0.3 is 6.09 Å². The van der Waals surface area contributed by atoms with Crippen LogP contribution in [0.5, 0.6) is 0 Å². The van der Waals surface area contributed by atoms with E-state index in [0.717, 1.165) is 25.9 Å². The van der Waals surface area contributed by atoms with Gasteiger partial charge in [0.1, 0.15) is 0 Å². The zero-order valence-corrected chi connectivity index (χ0v) is 8.38. The van der Waals surface area contributed by atoms with E-state index in [4.69, 9.17) is 4.74 Å². The smallest absolute Gasteiger partial charge is 0.409 e. The van der Waals surface area contributed by atoms with E-state index in [0.29, 0.717) is 12.6 Å². The molecule has 0 bridgehead atoms. The van der Waals surface area contributed by atoms with E-state index < -0.39 is 0 Å². The number of nitrogens with zero attached hydrogens (tertiary/aromatic N) is 1. The molecule has 0 spiro atoms. The molecule has 76 valence electrons. The van der Waals surface area contributed by atoms with Crippen LogP contribution >= 0.6 is 0 Å². The Labute approximate surface area is 79.2 Å². The van der Waals surface area contributed by atoms with Crippen LogP contribution in [0, 0.1) is 0 Å². The molecular weight excluding hydrogens is 168 g/mol. The SMILES string of the molecule is CCOC(=O)N(C)C1CCCNC1. The van der Waals surface area contributed by atoms with Crippen molar-refractivity contribution in [3.05, 3.63) is 0 Å². The number of hydrogen-bond donors (Lipinski definition) is 1. The number of ether oxygens (including phenoxy) is 1. The highest BCUT2D eigenvalue weighted by molar-refractivity contribution is 5.67. The molecule has 1 aliphatic heterocycles. The Balaban J connectivity index is 2.35. The Kier molecular flexibility index (Phi) is 4.02. The summed E-state index contributed by atoms with van der Waals surface area (Å²) < 4.78 is 4.92. The van der Waals surface area contributed by atoms with E-state index in [2.05, 4.69) is 5.32 Å². The van der Waals surface area contributed by atoms with Crippen LogP contribution in [-0.4, -0.2) is 43.8 Å². The molecule has 4 nitrogen and oxygen atoms in total. The van der Waals surface area contributed by atoms with Crippen molar-refractivity contribution in [2.24, 2.45) is 0 Å². The molecule has 0 radical (unpaired) electrons. The van der Waals surface area contributed by atoms with E-state index in [1.165, 1.54) is 0 Å². The van der Waals surface area contributed by atoms with E-state index in [-0.39, 0.29) is 6.09 Å². The van der Waals surface area contributed by atoms with Crippen molar-refractivity contribution in [3.8, 4) is 0 Å². The van der Waals surface area contributed by atoms with Gasteiger partial charge in [-0.3, -0.25) is 0 Å². The maximum atomic E-state index is 11.3. The molecule has 4 heteroatoms. The van der Waals surface area contributed by atoms with E-state index in [1.807, 2.05) is 6.92 Å². The lowest BCUT2D eigenvalue weighted by Gasteiger charge is -2.30. The quantitative estimate of drug-likeness (QED) is 0.694. The Morgan fingerprint density at radius 2 is 2.46 bits per heavy atom. The summed E-state index contributed by atoms with van der Waals surface area (Å²) in [5, 5.41) is 3.26. The third-order valence-corrected chi connectivity index (χ3v) is 2.37. The van der Waals surface area contributed by atoms with Gasteiger partial charge in [0.15, 0.2) is 0 Å². The monoisotopic (exact) mass is 186 g/mol. The highest BCUT2D eigenvalue weighted by atomic mass is 16.6. The number of amides is 1. The number of nitrogens with one attached hydrogen (secondary N) is 1. The van der Waals surface area contributed by atoms with E-state index >= 15 is 0 Å². The molecule has 1 saturated heterocycles. The molecule has 1 fully saturated rings. The molecule has 1 unspecified atom stereocenters. The predicted octanol–water partition coefficient (Wildman–Crippen LogP) is 0.827. The van der Waals surface area contributed by atoms with Gasteiger partial charge < -0.3 is 15.0 Å². The van der Waals surface area contributed by atoms with Gasteiger partial charge in [-0.25, -0.2) is 4.79 Å². The van der Waals surface area contributed by atoms with Crippen LogP contribution in [0.1, 0.15) is 19.8 Å². The molecule has 0 saturated carbocycles. The van der Waals surface area contributed by atoms with E-state index in [9.17, 15) is 4.79 Å². The fourth-order valence-electron chi connectivity index (χ4n) is 1.54. The van der Waals surface area contributed by atoms with Crippen molar-refractivity contribution < 1.29 is 9.53 Å². The van der Waals surface area contributed by atoms with Crippen LogP contribution in [-0.2, 0) is 4.74 Å². The summed E-state index contributed by atoms with van der Waals surface area (Å²) in [6.45, 7) is 4.22. The van der Waals surface area contributed by atoms with Crippen LogP contribution in [0.2, 0.25) is 0 Å². The van der Waals surface area contributed by atoms with Crippen molar-refractivity contribution in [2.75, 3.05) is 26.7 Å². The highest BCUT2D eigenvalue weighted by Crippen LogP contribution is 2.09. The van der Waals surface area contributed by atoms with Gasteiger partial charge in [-0.1, -0.05) is 0 Å². The molecule has 0 aromatic rings. The third-order valence-electron chi connectivity index (χ3n) is 2.37. The van der Waals surface area contributed by atoms with Crippen molar-refractivity contribution >= 4 is 6.09 Å². The van der Waals surface area contributed by atoms with Crippen LogP contribution in [0.25, 0.3) is 0 Å². The summed E-state index contributed by atoms with van der Waals surface area (Å²) in [4.78, 5) is 13.0. The van der Waals surface area contributed by atoms with Gasteiger partial charge in [-0.2, -0.15) is 0 Å². The average molecular weight is 186 g/mol. The molecule has 1 heterocycles. The number of rotatable bonds is 2. The Morgan fingerprint density at radius 3 is 3.00 bits per heavy atom. The second kappa shape index (κ2) is 5.07. The molecule has 0 aliphatic carbocycles. The predicted molar refractivity (Wildman–Crippen MR) is 50.7 cm³/mol. The van der Waals surface area contributed by atoms with Crippen LogP contribution < -0.4 is 5.32 Å². The van der Waals surface area contributed by atoms with Gasteiger partial charge in [-0.05, 0) is 26.3 Å². The Morgan fingerprint density at radius 1 is 1.69 bits per heavy atom. The normalized spacial score (nSPS) is 22.5. The largest absolute Gasteiger partial charge is 0.450 e. The number of carbonyl (C=O) groups excluding carboxylic acids is 1. The summed E-state index contributed by atoms with van der Waals surface area (Å²) in [6, 6.07) is 0.299. The highest BCUT2D eigenvalue weighted by Gasteiger charge is 2.22. The second-order valence-electron chi connectivity index (χ2n) is 3.31. The molecule has 1 rings (SSSR count). The topological polar surface area (TPSA) is 41.6 Å². The fraction of sp³-hybridized carbons (Fsp3) is 0.889. The maximum Gasteiger partial charge on any atom is 0.409 e. The summed E-state index contributed by atoms with van der Waals surface area (Å²) in [6.07, 6.45) is 1.99. The first kappa shape index (κ1) is 10.3. The first-order valence-corrected chi connectivity index (χ1v) is 4.86. The lowest BCUT2D eigenvalue weighted by atomic mass is 10.1. The summed E-state index contributed by atoms with van der Waals surface area (Å²) in [7, 11) is 1.80. The summed E-state index contributed by atoms with van der Waals surface area (Å²) in [5.41, 5.74) is 0. The Hall–Kier alpha value is -0.770. The van der Waals surface area contributed by atoms with Gasteiger partial charge in [-0.15, -0.1) is 0 Å². The lowest BCUT2D eigenvalue weighted by molar-refractivity contribution is 0.0959. The molecule has 1 atom stereocenters. The van der Waals surface area contributed by atoms with Crippen LogP contribution in [0.3, 0.4) is 0 Å². The summed E-state index contributed by atoms with van der Waals surface area (Å²) >= 11 is 0. The van der Waals surface area contributed by atoms with Gasteiger partial charge in [0.05, 0.1) is 6.61 Å². The Bertz CT molecular complexity index is 167. The minimum atomic E-state index is -0.212. The zero-order chi connectivity index (χ0) is 9.68. The summed E-state index contributed by atoms with van der Waals surface area (Å²) in [5.74, 6) is 0. The third kappa shape index (κ3) is 2.88. The van der Waals surface area contributed by atoms with Crippen LogP contribution in [0.4, 0.5) is 4.79 Å². The van der Waals surface area contributed by atoms with Crippen LogP contribution in [0.15, 0.2) is 0 Å². The molecule has 0 aromatic carbocycles. The molecule has 1 amide bonds.